The van der Waals surface area contributed by atoms with Crippen molar-refractivity contribution in [2.75, 3.05) is 17.1 Å². The van der Waals surface area contributed by atoms with E-state index in [9.17, 15) is 13.2 Å². The summed E-state index contributed by atoms with van der Waals surface area (Å²) in [7, 11) is -2.45. The number of methoxy groups -OCH3 is 1. The van der Waals surface area contributed by atoms with Crippen LogP contribution in [0.2, 0.25) is 0 Å². The summed E-state index contributed by atoms with van der Waals surface area (Å²) < 4.78 is 32.4. The van der Waals surface area contributed by atoms with Crippen molar-refractivity contribution in [3.05, 3.63) is 72.1 Å². The van der Waals surface area contributed by atoms with Gasteiger partial charge in [0.1, 0.15) is 12.1 Å². The summed E-state index contributed by atoms with van der Waals surface area (Å²) in [5.74, 6) is -0.0260. The Kier molecular flexibility index (Phi) is 6.78. The van der Waals surface area contributed by atoms with Crippen molar-refractivity contribution in [3.63, 3.8) is 0 Å². The number of sulfonamides is 1. The van der Waals surface area contributed by atoms with Crippen molar-refractivity contribution in [2.24, 2.45) is 0 Å². The Bertz CT molecular complexity index is 1210. The first-order chi connectivity index (χ1) is 14.8. The predicted octanol–water partition coefficient (Wildman–Crippen LogP) is 2.72. The van der Waals surface area contributed by atoms with Crippen LogP contribution in [0.15, 0.2) is 65.8 Å². The molecular weight excluding hydrogens is 438 g/mol. The molecule has 0 atom stereocenters. The van der Waals surface area contributed by atoms with Gasteiger partial charge >= 0.3 is 0 Å². The fourth-order valence-corrected chi connectivity index (χ4v) is 3.79. The lowest BCUT2D eigenvalue weighted by molar-refractivity contribution is 0.0977. The molecule has 0 unspecified atom stereocenters. The highest BCUT2D eigenvalue weighted by Gasteiger charge is 2.16. The van der Waals surface area contributed by atoms with Gasteiger partial charge in [0.05, 0.1) is 12.0 Å². The van der Waals surface area contributed by atoms with Crippen molar-refractivity contribution in [2.45, 2.75) is 11.8 Å². The summed E-state index contributed by atoms with van der Waals surface area (Å²) >= 11 is 5.17. The van der Waals surface area contributed by atoms with E-state index in [-0.39, 0.29) is 27.6 Å². The first-order valence-electron chi connectivity index (χ1n) is 8.95. The first kappa shape index (κ1) is 22.1. The Morgan fingerprint density at radius 2 is 1.77 bits per heavy atom. The van der Waals surface area contributed by atoms with Gasteiger partial charge in [-0.05, 0) is 55.0 Å². The third-order valence-electron chi connectivity index (χ3n) is 4.13. The lowest BCUT2D eigenvalue weighted by Gasteiger charge is -2.12. The van der Waals surface area contributed by atoms with Crippen molar-refractivity contribution in [1.29, 1.82) is 0 Å². The Hall–Kier alpha value is -3.57. The SMILES string of the molecule is COc1cc(NS(=O)(=O)c2ccc(NC(=S)NC(=O)c3ccccc3C)cc2)ncn1. The number of carbonyl (C=O) groups is 1. The Morgan fingerprint density at radius 3 is 2.45 bits per heavy atom. The highest BCUT2D eigenvalue weighted by Crippen LogP contribution is 2.18. The van der Waals surface area contributed by atoms with Gasteiger partial charge in [-0.25, -0.2) is 18.4 Å². The van der Waals surface area contributed by atoms with Gasteiger partial charge < -0.3 is 10.1 Å². The number of amides is 1. The highest BCUT2D eigenvalue weighted by molar-refractivity contribution is 7.92. The molecule has 160 valence electrons. The minimum atomic E-state index is -3.87. The molecule has 0 saturated carbocycles. The smallest absolute Gasteiger partial charge is 0.263 e. The number of carbonyl (C=O) groups excluding carboxylic acids is 1. The van der Waals surface area contributed by atoms with Crippen molar-refractivity contribution < 1.29 is 17.9 Å². The second-order valence-electron chi connectivity index (χ2n) is 6.30. The van der Waals surface area contributed by atoms with E-state index in [4.69, 9.17) is 17.0 Å². The zero-order valence-electron chi connectivity index (χ0n) is 16.6. The molecule has 31 heavy (non-hydrogen) atoms. The maximum atomic E-state index is 12.6. The molecule has 0 aliphatic rings. The molecule has 0 bridgehead atoms. The molecular formula is C20H19N5O4S2. The number of nitrogens with one attached hydrogen (secondary N) is 3. The van der Waals surface area contributed by atoms with Gasteiger partial charge in [-0.2, -0.15) is 0 Å². The molecule has 1 heterocycles. The van der Waals surface area contributed by atoms with Gasteiger partial charge in [-0.15, -0.1) is 0 Å². The molecule has 0 aliphatic carbocycles. The summed E-state index contributed by atoms with van der Waals surface area (Å²) in [5, 5.41) is 5.54. The number of nitrogens with zero attached hydrogens (tertiary/aromatic N) is 2. The third kappa shape index (κ3) is 5.74. The van der Waals surface area contributed by atoms with Crippen LogP contribution < -0.4 is 20.1 Å². The molecule has 0 saturated heterocycles. The van der Waals surface area contributed by atoms with Crippen molar-refractivity contribution in [3.8, 4) is 5.88 Å². The molecule has 1 aromatic heterocycles. The number of benzene rings is 2. The van der Waals surface area contributed by atoms with E-state index in [0.717, 1.165) is 5.56 Å². The van der Waals surface area contributed by atoms with E-state index in [1.165, 1.54) is 43.8 Å². The molecule has 9 nitrogen and oxygen atoms in total. The summed E-state index contributed by atoms with van der Waals surface area (Å²) in [5.41, 5.74) is 1.85. The molecule has 0 radical (unpaired) electrons. The minimum Gasteiger partial charge on any atom is -0.481 e. The first-order valence-corrected chi connectivity index (χ1v) is 10.8. The zero-order chi connectivity index (χ0) is 22.4. The quantitative estimate of drug-likeness (QED) is 0.483. The van der Waals surface area contributed by atoms with Crippen LogP contribution in [-0.2, 0) is 10.0 Å². The largest absolute Gasteiger partial charge is 0.481 e. The van der Waals surface area contributed by atoms with Crippen LogP contribution in [-0.4, -0.2) is 36.5 Å². The van der Waals surface area contributed by atoms with Gasteiger partial charge in [0, 0.05) is 17.3 Å². The lowest BCUT2D eigenvalue weighted by Crippen LogP contribution is -2.34. The summed E-state index contributed by atoms with van der Waals surface area (Å²) in [4.78, 5) is 20.0. The van der Waals surface area contributed by atoms with E-state index >= 15 is 0 Å². The van der Waals surface area contributed by atoms with E-state index < -0.39 is 10.0 Å². The maximum absolute atomic E-state index is 12.6. The molecule has 0 fully saturated rings. The number of aryl methyl sites for hydroxylation is 1. The molecule has 3 rings (SSSR count). The maximum Gasteiger partial charge on any atom is 0.263 e. The fraction of sp³-hybridized carbons (Fsp3) is 0.100. The lowest BCUT2D eigenvalue weighted by atomic mass is 10.1. The Balaban J connectivity index is 1.64. The van der Waals surface area contributed by atoms with E-state index in [1.54, 1.807) is 12.1 Å². The minimum absolute atomic E-state index is 0.0190. The average Bonchev–Trinajstić information content (AvgIpc) is 2.74. The summed E-state index contributed by atoms with van der Waals surface area (Å²) in [6.07, 6.45) is 1.19. The number of anilines is 2. The second-order valence-corrected chi connectivity index (χ2v) is 8.39. The van der Waals surface area contributed by atoms with Crippen LogP contribution in [0.25, 0.3) is 0 Å². The predicted molar refractivity (Wildman–Crippen MR) is 121 cm³/mol. The van der Waals surface area contributed by atoms with Crippen LogP contribution in [0, 0.1) is 6.92 Å². The normalized spacial score (nSPS) is 10.8. The van der Waals surface area contributed by atoms with E-state index in [0.29, 0.717) is 11.3 Å². The van der Waals surface area contributed by atoms with Crippen LogP contribution in [0.5, 0.6) is 5.88 Å². The van der Waals surface area contributed by atoms with E-state index in [1.807, 2.05) is 19.1 Å². The molecule has 3 N–H and O–H groups in total. The van der Waals surface area contributed by atoms with Crippen LogP contribution in [0.3, 0.4) is 0 Å². The molecule has 11 heteroatoms. The Labute approximate surface area is 184 Å². The van der Waals surface area contributed by atoms with Gasteiger partial charge in [0.15, 0.2) is 5.11 Å². The number of hydrogen-bond donors (Lipinski definition) is 3. The van der Waals surface area contributed by atoms with Crippen LogP contribution in [0.4, 0.5) is 11.5 Å². The number of hydrogen-bond acceptors (Lipinski definition) is 7. The molecule has 1 amide bonds. The molecule has 3 aromatic rings. The Morgan fingerprint density at radius 1 is 1.06 bits per heavy atom. The molecule has 0 aliphatic heterocycles. The van der Waals surface area contributed by atoms with Gasteiger partial charge in [-0.3, -0.25) is 14.8 Å². The average molecular weight is 458 g/mol. The second kappa shape index (κ2) is 9.49. The topological polar surface area (TPSA) is 122 Å². The van der Waals surface area contributed by atoms with Crippen LogP contribution >= 0.6 is 12.2 Å². The standard InChI is InChI=1S/C20H19N5O4S2/c1-13-5-3-4-6-16(13)19(26)24-20(30)23-14-7-9-15(10-8-14)31(27,28)25-17-11-18(29-2)22-12-21-17/h3-12H,1-2H3,(H,21,22,25)(H2,23,24,26,30). The van der Waals surface area contributed by atoms with Gasteiger partial charge in [0.2, 0.25) is 5.88 Å². The van der Waals surface area contributed by atoms with Crippen LogP contribution in [0.1, 0.15) is 15.9 Å². The number of aromatic nitrogens is 2. The molecule has 2 aromatic carbocycles. The monoisotopic (exact) mass is 457 g/mol. The number of thiocarbonyl (C=S) groups is 1. The summed E-state index contributed by atoms with van der Waals surface area (Å²) in [6, 6.07) is 14.4. The number of rotatable bonds is 6. The summed E-state index contributed by atoms with van der Waals surface area (Å²) in [6.45, 7) is 1.83. The number of ether oxygens (including phenoxy) is 1. The van der Waals surface area contributed by atoms with Crippen molar-refractivity contribution in [1.82, 2.24) is 15.3 Å². The third-order valence-corrected chi connectivity index (χ3v) is 5.70. The van der Waals surface area contributed by atoms with Gasteiger partial charge in [0.25, 0.3) is 15.9 Å². The zero-order valence-corrected chi connectivity index (χ0v) is 18.3. The highest BCUT2D eigenvalue weighted by atomic mass is 32.2. The van der Waals surface area contributed by atoms with Gasteiger partial charge in [-0.1, -0.05) is 18.2 Å². The fourth-order valence-electron chi connectivity index (χ4n) is 2.58. The molecule has 0 spiro atoms. The van der Waals surface area contributed by atoms with Crippen molar-refractivity contribution >= 4 is 44.8 Å². The van der Waals surface area contributed by atoms with E-state index in [2.05, 4.69) is 25.3 Å².